The zero-order chi connectivity index (χ0) is 16.5. The molecule has 4 nitrogen and oxygen atoms in total. The Morgan fingerprint density at radius 3 is 2.55 bits per heavy atom. The summed E-state index contributed by atoms with van der Waals surface area (Å²) in [7, 11) is -1.66. The van der Waals surface area contributed by atoms with Gasteiger partial charge in [0.1, 0.15) is 5.82 Å². The van der Waals surface area contributed by atoms with Gasteiger partial charge < -0.3 is 4.90 Å². The number of hydrogen-bond acceptors (Lipinski definition) is 3. The number of nitrogens with zero attached hydrogens (tertiary/aromatic N) is 1. The second-order valence-corrected chi connectivity index (χ2v) is 8.43. The van der Waals surface area contributed by atoms with Crippen LogP contribution in [-0.2, 0) is 9.84 Å². The molecule has 0 heterocycles. The van der Waals surface area contributed by atoms with Crippen molar-refractivity contribution in [3.05, 3.63) is 34.6 Å². The van der Waals surface area contributed by atoms with Crippen LogP contribution in [0.5, 0.6) is 0 Å². The van der Waals surface area contributed by atoms with Gasteiger partial charge >= 0.3 is 0 Å². The normalized spacial score (nSPS) is 22.4. The van der Waals surface area contributed by atoms with Gasteiger partial charge in [0.2, 0.25) is 0 Å². The molecule has 1 amide bonds. The lowest BCUT2D eigenvalue weighted by atomic mass is 9.93. The van der Waals surface area contributed by atoms with E-state index in [1.807, 2.05) is 0 Å². The van der Waals surface area contributed by atoms with E-state index in [9.17, 15) is 17.6 Å². The lowest BCUT2D eigenvalue weighted by Crippen LogP contribution is -2.49. The van der Waals surface area contributed by atoms with Crippen LogP contribution in [0.2, 0.25) is 5.02 Å². The molecular weight excluding hydrogens is 329 g/mol. The number of amides is 1. The fourth-order valence-corrected chi connectivity index (χ4v) is 4.76. The summed E-state index contributed by atoms with van der Waals surface area (Å²) in [6.45, 7) is 0. The second kappa shape index (κ2) is 6.54. The van der Waals surface area contributed by atoms with Gasteiger partial charge in [0.05, 0.1) is 15.8 Å². The number of hydrogen-bond donors (Lipinski definition) is 0. The molecule has 0 radical (unpaired) electrons. The Balaban J connectivity index is 2.28. The van der Waals surface area contributed by atoms with Crippen LogP contribution in [0, 0.1) is 5.82 Å². The maximum Gasteiger partial charge on any atom is 0.255 e. The summed E-state index contributed by atoms with van der Waals surface area (Å²) < 4.78 is 37.0. The zero-order valence-corrected chi connectivity index (χ0v) is 14.1. The molecule has 1 aliphatic rings. The Morgan fingerprint density at radius 1 is 1.32 bits per heavy atom. The molecule has 0 saturated heterocycles. The maximum atomic E-state index is 13.1. The fraction of sp³-hybridized carbons (Fsp3) is 0.533. The van der Waals surface area contributed by atoms with Crippen LogP contribution in [0.1, 0.15) is 36.0 Å². The Hall–Kier alpha value is -1.14. The van der Waals surface area contributed by atoms with Crippen molar-refractivity contribution in [1.29, 1.82) is 0 Å². The van der Waals surface area contributed by atoms with Gasteiger partial charge in [-0.1, -0.05) is 24.4 Å². The lowest BCUT2D eigenvalue weighted by molar-refractivity contribution is 0.0700. The third-order valence-corrected chi connectivity index (χ3v) is 6.16. The fourth-order valence-electron chi connectivity index (χ4n) is 3.02. The Kier molecular flexibility index (Phi) is 5.12. The molecule has 2 rings (SSSR count). The van der Waals surface area contributed by atoms with E-state index in [-0.39, 0.29) is 22.5 Å². The smallest absolute Gasteiger partial charge is 0.255 e. The van der Waals surface area contributed by atoms with E-state index in [1.54, 1.807) is 7.05 Å². The van der Waals surface area contributed by atoms with Crippen molar-refractivity contribution in [1.82, 2.24) is 4.90 Å². The van der Waals surface area contributed by atoms with Gasteiger partial charge in [0.25, 0.3) is 5.91 Å². The van der Waals surface area contributed by atoms with Crippen molar-refractivity contribution >= 4 is 27.3 Å². The summed E-state index contributed by atoms with van der Waals surface area (Å²) in [4.78, 5) is 14.0. The molecule has 0 N–H and O–H groups in total. The Labute approximate surface area is 135 Å². The molecule has 1 aromatic carbocycles. The molecular formula is C15H19ClFNO3S. The highest BCUT2D eigenvalue weighted by molar-refractivity contribution is 7.91. The average Bonchev–Trinajstić information content (AvgIpc) is 2.45. The monoisotopic (exact) mass is 347 g/mol. The minimum absolute atomic E-state index is 0.0311. The number of benzene rings is 1. The lowest BCUT2D eigenvalue weighted by Gasteiger charge is -2.37. The molecule has 0 bridgehead atoms. The number of carbonyl (C=O) groups is 1. The van der Waals surface area contributed by atoms with Gasteiger partial charge in [0.15, 0.2) is 9.84 Å². The van der Waals surface area contributed by atoms with Crippen molar-refractivity contribution in [2.45, 2.75) is 37.0 Å². The van der Waals surface area contributed by atoms with E-state index < -0.39 is 20.9 Å². The van der Waals surface area contributed by atoms with Crippen LogP contribution in [0.25, 0.3) is 0 Å². The molecule has 7 heteroatoms. The summed E-state index contributed by atoms with van der Waals surface area (Å²) >= 11 is 5.93. The average molecular weight is 348 g/mol. The summed E-state index contributed by atoms with van der Waals surface area (Å²) in [5.41, 5.74) is 0.184. The van der Waals surface area contributed by atoms with E-state index in [2.05, 4.69) is 0 Å². The molecule has 1 saturated carbocycles. The van der Waals surface area contributed by atoms with Crippen molar-refractivity contribution in [3.8, 4) is 0 Å². The molecule has 2 atom stereocenters. The van der Waals surface area contributed by atoms with Crippen molar-refractivity contribution in [3.63, 3.8) is 0 Å². The van der Waals surface area contributed by atoms with Crippen molar-refractivity contribution < 1.29 is 17.6 Å². The Morgan fingerprint density at radius 2 is 1.95 bits per heavy atom. The van der Waals surface area contributed by atoms with Gasteiger partial charge in [0, 0.05) is 19.3 Å². The highest BCUT2D eigenvalue weighted by Crippen LogP contribution is 2.29. The third-order valence-electron chi connectivity index (χ3n) is 4.20. The second-order valence-electron chi connectivity index (χ2n) is 5.76. The quantitative estimate of drug-likeness (QED) is 0.844. The van der Waals surface area contributed by atoms with Gasteiger partial charge in [-0.2, -0.15) is 0 Å². The first-order valence-corrected chi connectivity index (χ1v) is 9.46. The van der Waals surface area contributed by atoms with E-state index >= 15 is 0 Å². The van der Waals surface area contributed by atoms with Crippen molar-refractivity contribution in [2.75, 3.05) is 13.3 Å². The number of sulfone groups is 1. The molecule has 1 fully saturated rings. The Bertz CT molecular complexity index is 677. The standard InChI is InChI=1S/C15H19ClFNO3S/c1-18(13-5-3-4-6-14(13)22(2,20)21)15(19)11-8-7-10(17)9-12(11)16/h7-9,13-14H,3-6H2,1-2H3/t13-,14+/m0/s1. The molecule has 0 spiro atoms. The van der Waals surface area contributed by atoms with E-state index in [0.717, 1.165) is 18.9 Å². The zero-order valence-electron chi connectivity index (χ0n) is 12.6. The summed E-state index contributed by atoms with van der Waals surface area (Å²) in [5.74, 6) is -0.901. The van der Waals surface area contributed by atoms with E-state index in [0.29, 0.717) is 12.8 Å². The highest BCUT2D eigenvalue weighted by atomic mass is 35.5. The predicted octanol–water partition coefficient (Wildman–Crippen LogP) is 2.91. The minimum Gasteiger partial charge on any atom is -0.337 e. The molecule has 1 aliphatic carbocycles. The molecule has 0 aromatic heterocycles. The van der Waals surface area contributed by atoms with Gasteiger partial charge in [-0.15, -0.1) is 0 Å². The van der Waals surface area contributed by atoms with Crippen LogP contribution in [0.3, 0.4) is 0 Å². The van der Waals surface area contributed by atoms with Crippen LogP contribution in [0.15, 0.2) is 18.2 Å². The van der Waals surface area contributed by atoms with Gasteiger partial charge in [-0.25, -0.2) is 12.8 Å². The number of halogens is 2. The minimum atomic E-state index is -3.24. The first-order chi connectivity index (χ1) is 10.2. The number of rotatable bonds is 3. The molecule has 1 aromatic rings. The largest absolute Gasteiger partial charge is 0.337 e. The summed E-state index contributed by atoms with van der Waals surface area (Å²) in [5, 5.41) is -0.530. The third kappa shape index (κ3) is 3.60. The van der Waals surface area contributed by atoms with E-state index in [4.69, 9.17) is 11.6 Å². The first kappa shape index (κ1) is 17.2. The van der Waals surface area contributed by atoms with Crippen LogP contribution in [-0.4, -0.2) is 43.8 Å². The number of carbonyl (C=O) groups excluding carboxylic acids is 1. The summed E-state index contributed by atoms with van der Waals surface area (Å²) in [6, 6.07) is 3.20. The molecule has 0 unspecified atom stereocenters. The topological polar surface area (TPSA) is 54.5 Å². The van der Waals surface area contributed by atoms with E-state index in [1.165, 1.54) is 23.3 Å². The van der Waals surface area contributed by atoms with Gasteiger partial charge in [-0.3, -0.25) is 4.79 Å². The van der Waals surface area contributed by atoms with Crippen LogP contribution >= 0.6 is 11.6 Å². The molecule has 122 valence electrons. The van der Waals surface area contributed by atoms with Crippen LogP contribution in [0.4, 0.5) is 4.39 Å². The maximum absolute atomic E-state index is 13.1. The predicted molar refractivity (Wildman–Crippen MR) is 84.4 cm³/mol. The highest BCUT2D eigenvalue weighted by Gasteiger charge is 2.37. The van der Waals surface area contributed by atoms with Crippen LogP contribution < -0.4 is 0 Å². The molecule has 22 heavy (non-hydrogen) atoms. The first-order valence-electron chi connectivity index (χ1n) is 7.13. The van der Waals surface area contributed by atoms with Crippen molar-refractivity contribution in [2.24, 2.45) is 0 Å². The summed E-state index contributed by atoms with van der Waals surface area (Å²) in [6.07, 6.45) is 4.12. The SMILES string of the molecule is CN(C(=O)c1ccc(F)cc1Cl)[C@H]1CCCC[C@H]1S(C)(=O)=O. The molecule has 0 aliphatic heterocycles. The van der Waals surface area contributed by atoms with Gasteiger partial charge in [-0.05, 0) is 31.0 Å².